The minimum Gasteiger partial charge on any atom is -0.494 e. The first-order chi connectivity index (χ1) is 13.2. The van der Waals surface area contributed by atoms with Crippen molar-refractivity contribution in [3.8, 4) is 5.75 Å². The van der Waals surface area contributed by atoms with Crippen LogP contribution in [-0.2, 0) is 16.1 Å². The Balaban J connectivity index is 1.49. The lowest BCUT2D eigenvalue weighted by atomic mass is 10.2. The Labute approximate surface area is 161 Å². The van der Waals surface area contributed by atoms with Crippen LogP contribution in [0.1, 0.15) is 25.3 Å². The van der Waals surface area contributed by atoms with Crippen LogP contribution in [-0.4, -0.2) is 74.2 Å². The number of guanidine groups is 1. The highest BCUT2D eigenvalue weighted by atomic mass is 16.5. The molecule has 1 unspecified atom stereocenters. The fraction of sp³-hybridized carbons (Fsp3) is 0.600. The molecule has 0 aliphatic carbocycles. The van der Waals surface area contributed by atoms with E-state index in [0.717, 1.165) is 43.2 Å². The number of carbonyl (C=O) groups is 1. The fourth-order valence-electron chi connectivity index (χ4n) is 3.54. The molecule has 1 amide bonds. The average molecular weight is 374 g/mol. The summed E-state index contributed by atoms with van der Waals surface area (Å²) in [6.45, 7) is 7.00. The molecular formula is C20H30N4O3. The first-order valence-electron chi connectivity index (χ1n) is 9.79. The lowest BCUT2D eigenvalue weighted by Gasteiger charge is -2.37. The van der Waals surface area contributed by atoms with Crippen LogP contribution in [0.3, 0.4) is 0 Å². The van der Waals surface area contributed by atoms with Crippen LogP contribution in [0.2, 0.25) is 0 Å². The summed E-state index contributed by atoms with van der Waals surface area (Å²) in [6.07, 6.45) is 1.60. The Hall–Kier alpha value is -2.28. The number of hydrogen-bond acceptors (Lipinski definition) is 4. The quantitative estimate of drug-likeness (QED) is 0.625. The summed E-state index contributed by atoms with van der Waals surface area (Å²) in [5.41, 5.74) is 1.15. The number of piperazine rings is 1. The number of rotatable bonds is 5. The molecule has 2 saturated heterocycles. The zero-order valence-corrected chi connectivity index (χ0v) is 16.3. The summed E-state index contributed by atoms with van der Waals surface area (Å²) in [6, 6.07) is 8.08. The second-order valence-corrected chi connectivity index (χ2v) is 6.80. The lowest BCUT2D eigenvalue weighted by Crippen LogP contribution is -2.55. The number of ether oxygens (including phenoxy) is 2. The van der Waals surface area contributed by atoms with Crippen molar-refractivity contribution in [3.63, 3.8) is 0 Å². The van der Waals surface area contributed by atoms with E-state index in [2.05, 4.69) is 21.3 Å². The second kappa shape index (κ2) is 9.60. The van der Waals surface area contributed by atoms with Gasteiger partial charge in [0.05, 0.1) is 6.61 Å². The normalized spacial score (nSPS) is 20.7. The maximum absolute atomic E-state index is 12.5. The van der Waals surface area contributed by atoms with E-state index in [-0.39, 0.29) is 12.0 Å². The molecule has 0 radical (unpaired) electrons. The van der Waals surface area contributed by atoms with E-state index in [1.807, 2.05) is 30.0 Å². The molecule has 1 aromatic carbocycles. The largest absolute Gasteiger partial charge is 0.494 e. The Morgan fingerprint density at radius 3 is 2.74 bits per heavy atom. The zero-order chi connectivity index (χ0) is 19.1. The van der Waals surface area contributed by atoms with Crippen molar-refractivity contribution in [1.82, 2.24) is 15.1 Å². The molecule has 2 fully saturated rings. The Morgan fingerprint density at radius 2 is 2.07 bits per heavy atom. The zero-order valence-electron chi connectivity index (χ0n) is 16.3. The standard InChI is InChI=1S/C20H30N4O3/c1-3-26-17-7-4-6-16(14-17)15-22-20(21-2)24-11-9-23(10-12-24)19(25)18-8-5-13-27-18/h4,6-7,14,18H,3,5,8-13,15H2,1-2H3,(H,21,22). The van der Waals surface area contributed by atoms with E-state index in [9.17, 15) is 4.79 Å². The SMILES string of the molecule is CCOc1cccc(CNC(=NC)N2CCN(C(=O)C3CCCO3)CC2)c1. The minimum absolute atomic E-state index is 0.142. The van der Waals surface area contributed by atoms with Gasteiger partial charge in [0, 0.05) is 46.4 Å². The molecule has 7 nitrogen and oxygen atoms in total. The summed E-state index contributed by atoms with van der Waals surface area (Å²) < 4.78 is 11.1. The minimum atomic E-state index is -0.230. The number of aliphatic imine (C=N–C) groups is 1. The third-order valence-corrected chi connectivity index (χ3v) is 4.97. The van der Waals surface area contributed by atoms with Crippen LogP contribution >= 0.6 is 0 Å². The van der Waals surface area contributed by atoms with Gasteiger partial charge in [-0.3, -0.25) is 9.79 Å². The number of amides is 1. The van der Waals surface area contributed by atoms with Gasteiger partial charge in [0.25, 0.3) is 5.91 Å². The maximum atomic E-state index is 12.5. The Kier molecular flexibility index (Phi) is 6.92. The Bertz CT molecular complexity index is 650. The van der Waals surface area contributed by atoms with Crippen LogP contribution in [0.15, 0.2) is 29.3 Å². The summed E-state index contributed by atoms with van der Waals surface area (Å²) in [5.74, 6) is 1.89. The summed E-state index contributed by atoms with van der Waals surface area (Å²) in [5, 5.41) is 3.42. The van der Waals surface area contributed by atoms with Crippen molar-refractivity contribution in [3.05, 3.63) is 29.8 Å². The van der Waals surface area contributed by atoms with E-state index < -0.39 is 0 Å². The Morgan fingerprint density at radius 1 is 1.30 bits per heavy atom. The number of benzene rings is 1. The number of carbonyl (C=O) groups excluding carboxylic acids is 1. The highest BCUT2D eigenvalue weighted by Gasteiger charge is 2.30. The molecule has 1 N–H and O–H groups in total. The van der Waals surface area contributed by atoms with E-state index in [4.69, 9.17) is 9.47 Å². The molecule has 0 spiro atoms. The van der Waals surface area contributed by atoms with E-state index >= 15 is 0 Å². The molecule has 2 heterocycles. The second-order valence-electron chi connectivity index (χ2n) is 6.80. The first kappa shape index (κ1) is 19.5. The van der Waals surface area contributed by atoms with Crippen LogP contribution < -0.4 is 10.1 Å². The van der Waals surface area contributed by atoms with Crippen LogP contribution in [0.5, 0.6) is 5.75 Å². The van der Waals surface area contributed by atoms with Gasteiger partial charge in [0.15, 0.2) is 5.96 Å². The molecule has 3 rings (SSSR count). The molecule has 1 atom stereocenters. The van der Waals surface area contributed by atoms with Gasteiger partial charge in [-0.15, -0.1) is 0 Å². The third kappa shape index (κ3) is 5.13. The van der Waals surface area contributed by atoms with Crippen molar-refractivity contribution in [1.29, 1.82) is 0 Å². The molecular weight excluding hydrogens is 344 g/mol. The van der Waals surface area contributed by atoms with E-state index in [0.29, 0.717) is 32.8 Å². The molecule has 2 aliphatic heterocycles. The predicted octanol–water partition coefficient (Wildman–Crippen LogP) is 1.48. The van der Waals surface area contributed by atoms with Crippen molar-refractivity contribution in [2.24, 2.45) is 4.99 Å². The number of nitrogens with zero attached hydrogens (tertiary/aromatic N) is 3. The van der Waals surface area contributed by atoms with E-state index in [1.165, 1.54) is 0 Å². The molecule has 7 heteroatoms. The molecule has 148 valence electrons. The highest BCUT2D eigenvalue weighted by Crippen LogP contribution is 2.16. The molecule has 2 aliphatic rings. The van der Waals surface area contributed by atoms with Crippen LogP contribution in [0, 0.1) is 0 Å². The molecule has 1 aromatic rings. The predicted molar refractivity (Wildman–Crippen MR) is 105 cm³/mol. The van der Waals surface area contributed by atoms with Gasteiger partial charge in [0.1, 0.15) is 11.9 Å². The van der Waals surface area contributed by atoms with Crippen molar-refractivity contribution in [2.75, 3.05) is 46.4 Å². The average Bonchev–Trinajstić information content (AvgIpc) is 3.24. The van der Waals surface area contributed by atoms with Crippen molar-refractivity contribution >= 4 is 11.9 Å². The highest BCUT2D eigenvalue weighted by molar-refractivity contribution is 5.82. The van der Waals surface area contributed by atoms with Gasteiger partial charge in [-0.05, 0) is 37.5 Å². The van der Waals surface area contributed by atoms with Gasteiger partial charge in [-0.2, -0.15) is 0 Å². The van der Waals surface area contributed by atoms with Gasteiger partial charge >= 0.3 is 0 Å². The van der Waals surface area contributed by atoms with Crippen molar-refractivity contribution in [2.45, 2.75) is 32.4 Å². The number of hydrogen-bond donors (Lipinski definition) is 1. The maximum Gasteiger partial charge on any atom is 0.251 e. The summed E-state index contributed by atoms with van der Waals surface area (Å²) in [4.78, 5) is 21.0. The topological polar surface area (TPSA) is 66.4 Å². The van der Waals surface area contributed by atoms with E-state index in [1.54, 1.807) is 7.05 Å². The molecule has 27 heavy (non-hydrogen) atoms. The lowest BCUT2D eigenvalue weighted by molar-refractivity contribution is -0.142. The van der Waals surface area contributed by atoms with Gasteiger partial charge < -0.3 is 24.6 Å². The first-order valence-corrected chi connectivity index (χ1v) is 9.79. The number of nitrogens with one attached hydrogen (secondary N) is 1. The molecule has 0 saturated carbocycles. The molecule has 0 bridgehead atoms. The van der Waals surface area contributed by atoms with Crippen LogP contribution in [0.25, 0.3) is 0 Å². The van der Waals surface area contributed by atoms with Gasteiger partial charge in [-0.1, -0.05) is 12.1 Å². The summed E-state index contributed by atoms with van der Waals surface area (Å²) >= 11 is 0. The fourth-order valence-corrected chi connectivity index (χ4v) is 3.54. The molecule has 0 aromatic heterocycles. The van der Waals surface area contributed by atoms with Crippen molar-refractivity contribution < 1.29 is 14.3 Å². The van der Waals surface area contributed by atoms with Gasteiger partial charge in [0.2, 0.25) is 0 Å². The van der Waals surface area contributed by atoms with Crippen LogP contribution in [0.4, 0.5) is 0 Å². The third-order valence-electron chi connectivity index (χ3n) is 4.97. The van der Waals surface area contributed by atoms with Gasteiger partial charge in [-0.25, -0.2) is 0 Å². The monoisotopic (exact) mass is 374 g/mol. The smallest absolute Gasteiger partial charge is 0.251 e. The summed E-state index contributed by atoms with van der Waals surface area (Å²) in [7, 11) is 1.79.